The second-order valence-corrected chi connectivity index (χ2v) is 9.66. The first-order valence-electron chi connectivity index (χ1n) is 12.8. The highest BCUT2D eigenvalue weighted by molar-refractivity contribution is 6.02. The van der Waals surface area contributed by atoms with Crippen molar-refractivity contribution in [1.29, 1.82) is 0 Å². The molecule has 0 aromatic heterocycles. The summed E-state index contributed by atoms with van der Waals surface area (Å²) in [6, 6.07) is 16.6. The Kier molecular flexibility index (Phi) is 7.32. The number of halogens is 1. The number of methoxy groups -OCH3 is 3. The van der Waals surface area contributed by atoms with Crippen LogP contribution in [0.4, 0.5) is 10.1 Å². The van der Waals surface area contributed by atoms with E-state index in [1.807, 2.05) is 29.2 Å². The lowest BCUT2D eigenvalue weighted by Gasteiger charge is -2.43. The lowest BCUT2D eigenvalue weighted by atomic mass is 9.78. The Morgan fingerprint density at radius 1 is 0.846 bits per heavy atom. The number of anilines is 1. The van der Waals surface area contributed by atoms with Crippen LogP contribution < -0.4 is 19.1 Å². The number of hydrogen-bond donors (Lipinski definition) is 0. The van der Waals surface area contributed by atoms with Gasteiger partial charge >= 0.3 is 0 Å². The van der Waals surface area contributed by atoms with Crippen molar-refractivity contribution < 1.29 is 28.2 Å². The zero-order valence-electron chi connectivity index (χ0n) is 22.5. The number of likely N-dealkylation sites (N-methyl/N-ethyl adjacent to an activating group) is 1. The first kappa shape index (κ1) is 26.3. The summed E-state index contributed by atoms with van der Waals surface area (Å²) in [4.78, 5) is 33.3. The largest absolute Gasteiger partial charge is 0.497 e. The first-order valence-corrected chi connectivity index (χ1v) is 12.8. The Labute approximate surface area is 227 Å². The van der Waals surface area contributed by atoms with E-state index in [0.717, 1.165) is 11.4 Å². The molecule has 39 heavy (non-hydrogen) atoms. The molecule has 8 nitrogen and oxygen atoms in total. The standard InChI is InChI=1S/C30H32FN3O5/c1-32-28(21-7-5-6-8-24(21)31)27(22-17-25(38-3)26(39-4)18-23(22)29(32)35)30(36)34-15-13-33(14-16-34)19-9-11-20(37-2)12-10-19/h5-12,17-18,27-28H,13-16H2,1-4H3. The number of carbonyl (C=O) groups is 2. The maximum atomic E-state index is 15.2. The van der Waals surface area contributed by atoms with Crippen LogP contribution in [0.3, 0.4) is 0 Å². The molecule has 2 atom stereocenters. The molecule has 2 unspecified atom stereocenters. The molecule has 3 aromatic carbocycles. The zero-order chi connectivity index (χ0) is 27.7. The smallest absolute Gasteiger partial charge is 0.254 e. The molecule has 9 heteroatoms. The number of rotatable bonds is 6. The Bertz CT molecular complexity index is 1370. The van der Waals surface area contributed by atoms with Crippen LogP contribution in [0.2, 0.25) is 0 Å². The molecule has 2 aliphatic rings. The van der Waals surface area contributed by atoms with E-state index in [0.29, 0.717) is 54.4 Å². The van der Waals surface area contributed by atoms with Crippen molar-refractivity contribution in [3.05, 3.63) is 83.2 Å². The van der Waals surface area contributed by atoms with E-state index in [1.165, 1.54) is 25.2 Å². The topological polar surface area (TPSA) is 71.5 Å². The van der Waals surface area contributed by atoms with E-state index in [-0.39, 0.29) is 11.8 Å². The van der Waals surface area contributed by atoms with Crippen molar-refractivity contribution in [1.82, 2.24) is 9.80 Å². The molecule has 5 rings (SSSR count). The fourth-order valence-electron chi connectivity index (χ4n) is 5.59. The second kappa shape index (κ2) is 10.8. The van der Waals surface area contributed by atoms with E-state index in [9.17, 15) is 9.59 Å². The molecule has 0 saturated carbocycles. The number of ether oxygens (including phenoxy) is 3. The van der Waals surface area contributed by atoms with Crippen LogP contribution in [0.5, 0.6) is 17.2 Å². The van der Waals surface area contributed by atoms with Crippen LogP contribution in [0, 0.1) is 5.82 Å². The van der Waals surface area contributed by atoms with Gasteiger partial charge in [0.2, 0.25) is 5.91 Å². The molecular formula is C30H32FN3O5. The maximum absolute atomic E-state index is 15.2. The van der Waals surface area contributed by atoms with Gasteiger partial charge in [-0.2, -0.15) is 0 Å². The van der Waals surface area contributed by atoms with E-state index in [1.54, 1.807) is 44.5 Å². The van der Waals surface area contributed by atoms with Gasteiger partial charge in [-0.25, -0.2) is 4.39 Å². The van der Waals surface area contributed by atoms with Gasteiger partial charge in [0, 0.05) is 50.0 Å². The Hall–Kier alpha value is -4.27. The summed E-state index contributed by atoms with van der Waals surface area (Å²) in [7, 11) is 6.24. The molecule has 0 radical (unpaired) electrons. The SMILES string of the molecule is COc1ccc(N2CCN(C(=O)C3c4cc(OC)c(OC)cc4C(=O)N(C)C3c3ccccc3F)CC2)cc1. The van der Waals surface area contributed by atoms with E-state index >= 15 is 4.39 Å². The second-order valence-electron chi connectivity index (χ2n) is 9.66. The number of fused-ring (bicyclic) bond motifs is 1. The van der Waals surface area contributed by atoms with Gasteiger partial charge < -0.3 is 28.9 Å². The third-order valence-corrected chi connectivity index (χ3v) is 7.69. The number of nitrogens with zero attached hydrogens (tertiary/aromatic N) is 3. The normalized spacial score (nSPS) is 19.0. The Balaban J connectivity index is 1.51. The lowest BCUT2D eigenvalue weighted by Crippen LogP contribution is -2.53. The third kappa shape index (κ3) is 4.73. The van der Waals surface area contributed by atoms with Gasteiger partial charge in [0.25, 0.3) is 5.91 Å². The Morgan fingerprint density at radius 2 is 1.49 bits per heavy atom. The highest BCUT2D eigenvalue weighted by Crippen LogP contribution is 2.46. The average molecular weight is 534 g/mol. The average Bonchev–Trinajstić information content (AvgIpc) is 2.98. The number of benzene rings is 3. The molecule has 1 fully saturated rings. The third-order valence-electron chi connectivity index (χ3n) is 7.69. The highest BCUT2D eigenvalue weighted by Gasteiger charge is 2.46. The molecule has 0 bridgehead atoms. The van der Waals surface area contributed by atoms with E-state index < -0.39 is 17.8 Å². The van der Waals surface area contributed by atoms with Crippen molar-refractivity contribution in [2.24, 2.45) is 0 Å². The summed E-state index contributed by atoms with van der Waals surface area (Å²) < 4.78 is 31.4. The summed E-state index contributed by atoms with van der Waals surface area (Å²) >= 11 is 0. The Morgan fingerprint density at radius 3 is 2.10 bits per heavy atom. The van der Waals surface area contributed by atoms with Crippen LogP contribution in [-0.4, -0.2) is 76.2 Å². The van der Waals surface area contributed by atoms with Crippen molar-refractivity contribution in [2.45, 2.75) is 12.0 Å². The van der Waals surface area contributed by atoms with Crippen molar-refractivity contribution >= 4 is 17.5 Å². The number of hydrogen-bond acceptors (Lipinski definition) is 6. The lowest BCUT2D eigenvalue weighted by molar-refractivity contribution is -0.134. The van der Waals surface area contributed by atoms with Gasteiger partial charge in [-0.05, 0) is 48.0 Å². The summed E-state index contributed by atoms with van der Waals surface area (Å²) in [6.45, 7) is 2.27. The van der Waals surface area contributed by atoms with Crippen LogP contribution in [0.1, 0.15) is 33.4 Å². The maximum Gasteiger partial charge on any atom is 0.254 e. The number of amides is 2. The summed E-state index contributed by atoms with van der Waals surface area (Å²) in [5.41, 5.74) is 2.20. The van der Waals surface area contributed by atoms with Gasteiger partial charge in [0.05, 0.1) is 33.3 Å². The summed E-state index contributed by atoms with van der Waals surface area (Å²) in [6.07, 6.45) is 0. The predicted octanol–water partition coefficient (Wildman–Crippen LogP) is 4.11. The molecule has 0 N–H and O–H groups in total. The molecule has 2 aliphatic heterocycles. The van der Waals surface area contributed by atoms with Gasteiger partial charge in [-0.1, -0.05) is 18.2 Å². The fraction of sp³-hybridized carbons (Fsp3) is 0.333. The molecular weight excluding hydrogens is 501 g/mol. The molecule has 1 saturated heterocycles. The van der Waals surface area contributed by atoms with Crippen LogP contribution in [-0.2, 0) is 4.79 Å². The fourth-order valence-corrected chi connectivity index (χ4v) is 5.59. The molecule has 2 amide bonds. The molecule has 3 aromatic rings. The van der Waals surface area contributed by atoms with Crippen molar-refractivity contribution in [3.63, 3.8) is 0 Å². The minimum Gasteiger partial charge on any atom is -0.497 e. The molecule has 0 spiro atoms. The van der Waals surface area contributed by atoms with Gasteiger partial charge in [-0.15, -0.1) is 0 Å². The number of carbonyl (C=O) groups excluding carboxylic acids is 2. The van der Waals surface area contributed by atoms with Crippen LogP contribution in [0.15, 0.2) is 60.7 Å². The van der Waals surface area contributed by atoms with Crippen LogP contribution in [0.25, 0.3) is 0 Å². The summed E-state index contributed by atoms with van der Waals surface area (Å²) in [5.74, 6) is -0.184. The molecule has 0 aliphatic carbocycles. The highest BCUT2D eigenvalue weighted by atomic mass is 19.1. The van der Waals surface area contributed by atoms with E-state index in [2.05, 4.69) is 4.90 Å². The zero-order valence-corrected chi connectivity index (χ0v) is 22.5. The monoisotopic (exact) mass is 533 g/mol. The van der Waals surface area contributed by atoms with Crippen molar-refractivity contribution in [2.75, 3.05) is 59.5 Å². The van der Waals surface area contributed by atoms with Gasteiger partial charge in [0.15, 0.2) is 11.5 Å². The van der Waals surface area contributed by atoms with Gasteiger partial charge in [-0.3, -0.25) is 9.59 Å². The molecule has 2 heterocycles. The molecule has 204 valence electrons. The van der Waals surface area contributed by atoms with Crippen molar-refractivity contribution in [3.8, 4) is 17.2 Å². The quantitative estimate of drug-likeness (QED) is 0.475. The minimum atomic E-state index is -0.827. The van der Waals surface area contributed by atoms with Crippen LogP contribution >= 0.6 is 0 Å². The predicted molar refractivity (Wildman–Crippen MR) is 145 cm³/mol. The van der Waals surface area contributed by atoms with E-state index in [4.69, 9.17) is 14.2 Å². The van der Waals surface area contributed by atoms with Gasteiger partial charge in [0.1, 0.15) is 11.6 Å². The first-order chi connectivity index (χ1) is 18.9. The summed E-state index contributed by atoms with van der Waals surface area (Å²) in [5, 5.41) is 0. The minimum absolute atomic E-state index is 0.162. The number of piperazine rings is 1.